The van der Waals surface area contributed by atoms with Crippen LogP contribution in [0.2, 0.25) is 0 Å². The number of pyridine rings is 1. The van der Waals surface area contributed by atoms with Gasteiger partial charge in [0.25, 0.3) is 0 Å². The van der Waals surface area contributed by atoms with Crippen LogP contribution < -0.4 is 5.32 Å². The zero-order valence-electron chi connectivity index (χ0n) is 18.7. The first kappa shape index (κ1) is 21.7. The van der Waals surface area contributed by atoms with Gasteiger partial charge in [-0.15, -0.1) is 0 Å². The molecule has 0 saturated carbocycles. The number of fused-ring (bicyclic) bond motifs is 1. The van der Waals surface area contributed by atoms with E-state index in [1.54, 1.807) is 10.9 Å². The lowest BCUT2D eigenvalue weighted by Crippen LogP contribution is -2.31. The fraction of sp³-hybridized carbons (Fsp3) is 0.333. The molecule has 0 saturated heterocycles. The Morgan fingerprint density at radius 3 is 2.84 bits per heavy atom. The van der Waals surface area contributed by atoms with Crippen LogP contribution in [0.1, 0.15) is 49.8 Å². The first-order valence-corrected chi connectivity index (χ1v) is 10.5. The number of nitrogens with zero attached hydrogens (tertiary/aromatic N) is 5. The highest BCUT2D eigenvalue weighted by molar-refractivity contribution is 5.94. The molecule has 0 amide bonds. The lowest BCUT2D eigenvalue weighted by molar-refractivity contribution is 0.0535. The van der Waals surface area contributed by atoms with Crippen molar-refractivity contribution in [1.82, 2.24) is 25.0 Å². The van der Waals surface area contributed by atoms with E-state index in [4.69, 9.17) is 10.00 Å². The third-order valence-corrected chi connectivity index (χ3v) is 5.94. The van der Waals surface area contributed by atoms with Crippen LogP contribution >= 0.6 is 0 Å². The van der Waals surface area contributed by atoms with Crippen LogP contribution in [-0.4, -0.2) is 46.3 Å². The summed E-state index contributed by atoms with van der Waals surface area (Å²) >= 11 is 0. The highest BCUT2D eigenvalue weighted by Gasteiger charge is 2.26. The summed E-state index contributed by atoms with van der Waals surface area (Å²) in [5.74, 6) is 0.447. The highest BCUT2D eigenvalue weighted by atomic mass is 16.5. The molecular formula is C24H26N6O2. The summed E-state index contributed by atoms with van der Waals surface area (Å²) in [5, 5.41) is 17.0. The zero-order valence-corrected chi connectivity index (χ0v) is 18.7. The largest absolute Gasteiger partial charge is 0.457 e. The van der Waals surface area contributed by atoms with Crippen molar-refractivity contribution in [3.05, 3.63) is 75.7 Å². The number of likely N-dealkylation sites (N-methyl/N-ethyl adjacent to an activating group) is 1. The van der Waals surface area contributed by atoms with Gasteiger partial charge in [0, 0.05) is 42.7 Å². The van der Waals surface area contributed by atoms with Gasteiger partial charge in [-0.1, -0.05) is 6.07 Å². The minimum Gasteiger partial charge on any atom is -0.457 e. The minimum absolute atomic E-state index is 0.147. The van der Waals surface area contributed by atoms with Gasteiger partial charge in [0.1, 0.15) is 12.7 Å². The second-order valence-electron chi connectivity index (χ2n) is 8.25. The molecule has 2 aromatic heterocycles. The number of hydrogen-bond acceptors (Lipinski definition) is 7. The molecule has 1 unspecified atom stereocenters. The van der Waals surface area contributed by atoms with E-state index in [0.717, 1.165) is 28.8 Å². The Morgan fingerprint density at radius 1 is 1.31 bits per heavy atom. The van der Waals surface area contributed by atoms with Crippen LogP contribution in [0.15, 0.2) is 36.8 Å². The van der Waals surface area contributed by atoms with Crippen molar-refractivity contribution < 1.29 is 9.53 Å². The van der Waals surface area contributed by atoms with Crippen molar-refractivity contribution in [3.63, 3.8) is 0 Å². The van der Waals surface area contributed by atoms with E-state index in [2.05, 4.69) is 47.4 Å². The van der Waals surface area contributed by atoms with E-state index in [1.807, 2.05) is 37.5 Å². The summed E-state index contributed by atoms with van der Waals surface area (Å²) < 4.78 is 6.92. The second-order valence-corrected chi connectivity index (χ2v) is 8.25. The summed E-state index contributed by atoms with van der Waals surface area (Å²) in [6, 6.07) is 8.04. The van der Waals surface area contributed by atoms with Crippen molar-refractivity contribution in [2.24, 2.45) is 0 Å². The van der Waals surface area contributed by atoms with Crippen LogP contribution in [0.5, 0.6) is 0 Å². The Bertz CT molecular complexity index is 1210. The Kier molecular flexibility index (Phi) is 6.04. The maximum absolute atomic E-state index is 11.8. The van der Waals surface area contributed by atoms with Crippen molar-refractivity contribution in [3.8, 4) is 11.9 Å². The first-order valence-electron chi connectivity index (χ1n) is 10.5. The molecule has 32 heavy (non-hydrogen) atoms. The van der Waals surface area contributed by atoms with Gasteiger partial charge in [0.15, 0.2) is 5.82 Å². The smallest absolute Gasteiger partial charge is 0.338 e. The van der Waals surface area contributed by atoms with E-state index in [1.165, 1.54) is 5.56 Å². The number of nitrogens with one attached hydrogen (secondary N) is 1. The quantitative estimate of drug-likeness (QED) is 0.576. The summed E-state index contributed by atoms with van der Waals surface area (Å²) in [6.45, 7) is 5.69. The molecule has 1 aliphatic heterocycles. The molecule has 164 valence electrons. The molecule has 1 atom stereocenters. The predicted octanol–water partition coefficient (Wildman–Crippen LogP) is 2.82. The van der Waals surface area contributed by atoms with Gasteiger partial charge in [-0.05, 0) is 56.8 Å². The predicted molar refractivity (Wildman–Crippen MR) is 119 cm³/mol. The summed E-state index contributed by atoms with van der Waals surface area (Å²) in [6.07, 6.45) is 5.33. The number of ether oxygens (including phenoxy) is 1. The van der Waals surface area contributed by atoms with E-state index in [9.17, 15) is 4.79 Å². The Morgan fingerprint density at radius 2 is 2.12 bits per heavy atom. The molecule has 1 aromatic carbocycles. The number of cyclic esters (lactones) is 1. The van der Waals surface area contributed by atoms with Gasteiger partial charge in [0.2, 0.25) is 0 Å². The molecule has 1 aliphatic rings. The van der Waals surface area contributed by atoms with Crippen molar-refractivity contribution in [1.29, 1.82) is 5.26 Å². The first-order chi connectivity index (χ1) is 15.4. The summed E-state index contributed by atoms with van der Waals surface area (Å²) in [7, 11) is 4.11. The maximum Gasteiger partial charge on any atom is 0.338 e. The van der Waals surface area contributed by atoms with E-state index in [0.29, 0.717) is 30.1 Å². The SMILES string of the molecule is Cc1cc(-n2cc(CNCC(c3ccc4c(c3C)COC4=O)N(C)C)cn2)ncc1C#N. The minimum atomic E-state index is -0.238. The van der Waals surface area contributed by atoms with Gasteiger partial charge in [-0.25, -0.2) is 14.5 Å². The standard InChI is InChI=1S/C24H26N6O2/c1-15-7-23(27-11-18(15)8-25)30-13-17(10-28-30)9-26-12-22(29(3)4)19-5-6-20-21(16(19)2)14-32-24(20)31/h5-7,10-11,13,22,26H,9,12,14H2,1-4H3. The van der Waals surface area contributed by atoms with Gasteiger partial charge in [-0.2, -0.15) is 10.4 Å². The third-order valence-electron chi connectivity index (χ3n) is 5.94. The Balaban J connectivity index is 1.44. The number of carbonyl (C=O) groups excluding carboxylic acids is 1. The molecule has 0 fully saturated rings. The fourth-order valence-electron chi connectivity index (χ4n) is 4.01. The molecule has 0 radical (unpaired) electrons. The average Bonchev–Trinajstić information content (AvgIpc) is 3.39. The molecule has 0 spiro atoms. The fourth-order valence-corrected chi connectivity index (χ4v) is 4.01. The number of aromatic nitrogens is 3. The zero-order chi connectivity index (χ0) is 22.8. The molecule has 8 nitrogen and oxygen atoms in total. The number of rotatable bonds is 7. The monoisotopic (exact) mass is 430 g/mol. The van der Waals surface area contributed by atoms with E-state index in [-0.39, 0.29) is 12.0 Å². The van der Waals surface area contributed by atoms with Gasteiger partial charge < -0.3 is 15.0 Å². The van der Waals surface area contributed by atoms with Crippen LogP contribution in [0.3, 0.4) is 0 Å². The topological polar surface area (TPSA) is 96.1 Å². The maximum atomic E-state index is 11.8. The van der Waals surface area contributed by atoms with Crippen molar-refractivity contribution in [2.75, 3.05) is 20.6 Å². The number of hydrogen-bond donors (Lipinski definition) is 1. The van der Waals surface area contributed by atoms with Gasteiger partial charge in [-0.3, -0.25) is 0 Å². The molecule has 3 heterocycles. The number of carbonyl (C=O) groups is 1. The second kappa shape index (κ2) is 8.91. The molecule has 8 heteroatoms. The van der Waals surface area contributed by atoms with Crippen molar-refractivity contribution >= 4 is 5.97 Å². The average molecular weight is 431 g/mol. The van der Waals surface area contributed by atoms with Crippen LogP contribution in [-0.2, 0) is 17.9 Å². The van der Waals surface area contributed by atoms with Crippen LogP contribution in [0.4, 0.5) is 0 Å². The molecule has 0 bridgehead atoms. The molecule has 1 N–H and O–H groups in total. The highest BCUT2D eigenvalue weighted by Crippen LogP contribution is 2.30. The normalized spacial score (nSPS) is 13.7. The Labute approximate surface area is 187 Å². The number of benzene rings is 1. The summed E-state index contributed by atoms with van der Waals surface area (Å²) in [4.78, 5) is 18.3. The van der Waals surface area contributed by atoms with Gasteiger partial charge >= 0.3 is 5.97 Å². The summed E-state index contributed by atoms with van der Waals surface area (Å²) in [5.41, 5.74) is 6.45. The van der Waals surface area contributed by atoms with Crippen LogP contribution in [0.25, 0.3) is 5.82 Å². The number of nitriles is 1. The lowest BCUT2D eigenvalue weighted by Gasteiger charge is -2.27. The molecule has 3 aromatic rings. The van der Waals surface area contributed by atoms with Crippen LogP contribution in [0, 0.1) is 25.2 Å². The van der Waals surface area contributed by atoms with E-state index < -0.39 is 0 Å². The van der Waals surface area contributed by atoms with Crippen molar-refractivity contribution in [2.45, 2.75) is 33.0 Å². The third kappa shape index (κ3) is 4.13. The molecule has 4 rings (SSSR count). The lowest BCUT2D eigenvalue weighted by atomic mass is 9.93. The van der Waals surface area contributed by atoms with Gasteiger partial charge in [0.05, 0.1) is 17.3 Å². The van der Waals surface area contributed by atoms with E-state index >= 15 is 0 Å². The number of aryl methyl sites for hydroxylation is 1. The number of esters is 1. The molecular weight excluding hydrogens is 404 g/mol. The molecule has 0 aliphatic carbocycles. The Hall–Kier alpha value is -3.54.